The minimum atomic E-state index is -0.786. The van der Waals surface area contributed by atoms with E-state index >= 15 is 0 Å². The quantitative estimate of drug-likeness (QED) is 0.650. The minimum Gasteiger partial charge on any atom is -0.494 e. The molecule has 0 radical (unpaired) electrons. The molecular formula is C23H27N3O4. The molecule has 30 heavy (non-hydrogen) atoms. The lowest BCUT2D eigenvalue weighted by Crippen LogP contribution is -2.45. The van der Waals surface area contributed by atoms with Gasteiger partial charge in [-0.05, 0) is 63.6 Å². The lowest BCUT2D eigenvalue weighted by atomic mass is 10.2. The van der Waals surface area contributed by atoms with Gasteiger partial charge in [0.2, 0.25) is 5.91 Å². The summed E-state index contributed by atoms with van der Waals surface area (Å²) in [6.45, 7) is 7.95. The molecule has 7 heteroatoms. The first kappa shape index (κ1) is 21.4. The van der Waals surface area contributed by atoms with Gasteiger partial charge in [0.1, 0.15) is 11.8 Å². The van der Waals surface area contributed by atoms with E-state index in [-0.39, 0.29) is 11.9 Å². The number of ether oxygens (including phenoxy) is 1. The van der Waals surface area contributed by atoms with Crippen molar-refractivity contribution < 1.29 is 9.53 Å². The molecular weight excluding hydrogens is 382 g/mol. The number of nitrogens with zero attached hydrogens (tertiary/aromatic N) is 2. The van der Waals surface area contributed by atoms with Crippen LogP contribution in [0.2, 0.25) is 0 Å². The van der Waals surface area contributed by atoms with Crippen LogP contribution < -0.4 is 21.3 Å². The first-order valence-corrected chi connectivity index (χ1v) is 10.2. The van der Waals surface area contributed by atoms with Crippen LogP contribution in [0, 0.1) is 0 Å². The lowest BCUT2D eigenvalue weighted by Gasteiger charge is -2.21. The number of benzene rings is 2. The van der Waals surface area contributed by atoms with Gasteiger partial charge >= 0.3 is 5.69 Å². The molecule has 2 aromatic carbocycles. The summed E-state index contributed by atoms with van der Waals surface area (Å²) in [7, 11) is 0. The van der Waals surface area contributed by atoms with Gasteiger partial charge in [0, 0.05) is 6.04 Å². The van der Waals surface area contributed by atoms with Crippen LogP contribution in [0.3, 0.4) is 0 Å². The maximum atomic E-state index is 13.4. The van der Waals surface area contributed by atoms with E-state index in [4.69, 9.17) is 4.74 Å². The molecule has 0 aliphatic carbocycles. The van der Waals surface area contributed by atoms with Crippen molar-refractivity contribution in [3.8, 4) is 11.4 Å². The van der Waals surface area contributed by atoms with E-state index in [2.05, 4.69) is 5.32 Å². The maximum Gasteiger partial charge on any atom is 0.336 e. The second-order valence-corrected chi connectivity index (χ2v) is 7.23. The van der Waals surface area contributed by atoms with Gasteiger partial charge in [-0.3, -0.25) is 14.2 Å². The highest BCUT2D eigenvalue weighted by molar-refractivity contribution is 5.84. The fourth-order valence-electron chi connectivity index (χ4n) is 3.33. The Morgan fingerprint density at radius 2 is 1.70 bits per heavy atom. The summed E-state index contributed by atoms with van der Waals surface area (Å²) in [4.78, 5) is 39.4. The molecule has 1 N–H and O–H groups in total. The standard InChI is InChI=1S/C23H27N3O4/c1-5-15(3)24-21(27)16(4)25-20-10-8-7-9-19(20)22(28)26(23(25)29)17-11-13-18(14-12-17)30-6-2/h7-16H,5-6H2,1-4H3,(H,24,27)/t15-,16-/m0/s1. The van der Waals surface area contributed by atoms with E-state index in [1.807, 2.05) is 20.8 Å². The van der Waals surface area contributed by atoms with Crippen molar-refractivity contribution in [3.63, 3.8) is 0 Å². The third kappa shape index (κ3) is 4.01. The number of para-hydroxylation sites is 1. The maximum absolute atomic E-state index is 13.4. The second-order valence-electron chi connectivity index (χ2n) is 7.23. The number of rotatable bonds is 7. The number of fused-ring (bicyclic) bond motifs is 1. The summed E-state index contributed by atoms with van der Waals surface area (Å²) in [5, 5.41) is 3.28. The number of aromatic nitrogens is 2. The van der Waals surface area contributed by atoms with E-state index < -0.39 is 17.3 Å². The third-order valence-corrected chi connectivity index (χ3v) is 5.17. The Balaban J connectivity index is 2.21. The Morgan fingerprint density at radius 1 is 1.03 bits per heavy atom. The Bertz CT molecular complexity index is 1160. The molecule has 3 aromatic rings. The molecule has 158 valence electrons. The second kappa shape index (κ2) is 8.98. The van der Waals surface area contributed by atoms with Crippen LogP contribution in [0.1, 0.15) is 40.2 Å². The van der Waals surface area contributed by atoms with E-state index in [1.165, 1.54) is 4.57 Å². The molecule has 2 atom stereocenters. The van der Waals surface area contributed by atoms with Gasteiger partial charge in [0.05, 0.1) is 23.2 Å². The average Bonchev–Trinajstić information content (AvgIpc) is 2.75. The highest BCUT2D eigenvalue weighted by atomic mass is 16.5. The highest BCUT2D eigenvalue weighted by Gasteiger charge is 2.23. The predicted molar refractivity (Wildman–Crippen MR) is 118 cm³/mol. The lowest BCUT2D eigenvalue weighted by molar-refractivity contribution is -0.124. The van der Waals surface area contributed by atoms with Crippen molar-refractivity contribution >= 4 is 16.8 Å². The van der Waals surface area contributed by atoms with Crippen LogP contribution >= 0.6 is 0 Å². The molecule has 0 unspecified atom stereocenters. The first-order chi connectivity index (χ1) is 14.4. The molecule has 0 saturated heterocycles. The SMILES string of the molecule is CCOc1ccc(-n2c(=O)c3ccccc3n([C@@H](C)C(=O)N[C@@H](C)CC)c2=O)cc1. The molecule has 0 aliphatic rings. The summed E-state index contributed by atoms with van der Waals surface area (Å²) in [6.07, 6.45) is 0.778. The van der Waals surface area contributed by atoms with Gasteiger partial charge in [-0.25, -0.2) is 9.36 Å². The summed E-state index contributed by atoms with van der Waals surface area (Å²) in [5.74, 6) is 0.380. The normalized spacial score (nSPS) is 13.1. The number of nitrogens with one attached hydrogen (secondary N) is 1. The summed E-state index contributed by atoms with van der Waals surface area (Å²) >= 11 is 0. The zero-order valence-electron chi connectivity index (χ0n) is 17.7. The molecule has 1 heterocycles. The molecule has 1 aromatic heterocycles. The van der Waals surface area contributed by atoms with Crippen molar-refractivity contribution in [2.75, 3.05) is 6.61 Å². The fraction of sp³-hybridized carbons (Fsp3) is 0.348. The van der Waals surface area contributed by atoms with Crippen LogP contribution in [0.15, 0.2) is 58.1 Å². The molecule has 0 spiro atoms. The Hall–Kier alpha value is -3.35. The minimum absolute atomic E-state index is 0.0149. The van der Waals surface area contributed by atoms with Gasteiger partial charge in [0.15, 0.2) is 0 Å². The number of hydrogen-bond donors (Lipinski definition) is 1. The zero-order valence-corrected chi connectivity index (χ0v) is 17.7. The molecule has 0 fully saturated rings. The van der Waals surface area contributed by atoms with E-state index in [1.54, 1.807) is 55.5 Å². The number of amides is 1. The van der Waals surface area contributed by atoms with Gasteiger partial charge < -0.3 is 10.1 Å². The molecule has 0 aliphatic heterocycles. The zero-order chi connectivity index (χ0) is 21.8. The smallest absolute Gasteiger partial charge is 0.336 e. The van der Waals surface area contributed by atoms with Crippen molar-refractivity contribution in [3.05, 3.63) is 69.4 Å². The Morgan fingerprint density at radius 3 is 2.33 bits per heavy atom. The van der Waals surface area contributed by atoms with Crippen LogP contribution in [0.5, 0.6) is 5.75 Å². The van der Waals surface area contributed by atoms with Gasteiger partial charge in [-0.1, -0.05) is 19.1 Å². The van der Waals surface area contributed by atoms with E-state index in [0.717, 1.165) is 11.0 Å². The molecule has 0 bridgehead atoms. The molecule has 3 rings (SSSR count). The first-order valence-electron chi connectivity index (χ1n) is 10.2. The third-order valence-electron chi connectivity index (χ3n) is 5.17. The summed E-state index contributed by atoms with van der Waals surface area (Å²) < 4.78 is 7.93. The van der Waals surface area contributed by atoms with Gasteiger partial charge in [-0.15, -0.1) is 0 Å². The summed E-state index contributed by atoms with van der Waals surface area (Å²) in [6, 6.07) is 12.8. The monoisotopic (exact) mass is 409 g/mol. The Labute approximate surface area is 174 Å². The topological polar surface area (TPSA) is 82.3 Å². The average molecular weight is 409 g/mol. The largest absolute Gasteiger partial charge is 0.494 e. The van der Waals surface area contributed by atoms with Crippen molar-refractivity contribution in [1.29, 1.82) is 0 Å². The summed E-state index contributed by atoms with van der Waals surface area (Å²) in [5.41, 5.74) is -0.135. The highest BCUT2D eigenvalue weighted by Crippen LogP contribution is 2.17. The van der Waals surface area contributed by atoms with Crippen molar-refractivity contribution in [2.45, 2.75) is 46.2 Å². The number of hydrogen-bond acceptors (Lipinski definition) is 4. The van der Waals surface area contributed by atoms with E-state index in [0.29, 0.717) is 28.9 Å². The van der Waals surface area contributed by atoms with Crippen LogP contribution in [0.25, 0.3) is 16.6 Å². The Kier molecular flexibility index (Phi) is 6.40. The van der Waals surface area contributed by atoms with Crippen molar-refractivity contribution in [2.24, 2.45) is 0 Å². The van der Waals surface area contributed by atoms with Gasteiger partial charge in [0.25, 0.3) is 5.56 Å². The number of carbonyl (C=O) groups excluding carboxylic acids is 1. The number of carbonyl (C=O) groups is 1. The van der Waals surface area contributed by atoms with Gasteiger partial charge in [-0.2, -0.15) is 0 Å². The van der Waals surface area contributed by atoms with Crippen LogP contribution in [-0.2, 0) is 4.79 Å². The van der Waals surface area contributed by atoms with Crippen LogP contribution in [-0.4, -0.2) is 27.7 Å². The van der Waals surface area contributed by atoms with Crippen molar-refractivity contribution in [1.82, 2.24) is 14.5 Å². The van der Waals surface area contributed by atoms with E-state index in [9.17, 15) is 14.4 Å². The molecule has 1 amide bonds. The van der Waals surface area contributed by atoms with Crippen LogP contribution in [0.4, 0.5) is 0 Å². The fourth-order valence-corrected chi connectivity index (χ4v) is 3.33. The molecule has 7 nitrogen and oxygen atoms in total. The molecule has 0 saturated carbocycles. The predicted octanol–water partition coefficient (Wildman–Crippen LogP) is 3.03.